The molecule has 0 radical (unpaired) electrons. The summed E-state index contributed by atoms with van der Waals surface area (Å²) in [4.78, 5) is 2.01. The van der Waals surface area contributed by atoms with Crippen LogP contribution in [-0.2, 0) is 0 Å². The van der Waals surface area contributed by atoms with Crippen LogP contribution in [-0.4, -0.2) is 31.2 Å². The molecule has 0 fully saturated rings. The van der Waals surface area contributed by atoms with Crippen LogP contribution in [0.2, 0.25) is 0 Å². The van der Waals surface area contributed by atoms with E-state index < -0.39 is 0 Å². The first-order valence-corrected chi connectivity index (χ1v) is 3.59. The van der Waals surface area contributed by atoms with Crippen LogP contribution in [0.25, 0.3) is 0 Å². The van der Waals surface area contributed by atoms with E-state index in [9.17, 15) is 0 Å². The average molecular weight is 152 g/mol. The van der Waals surface area contributed by atoms with Gasteiger partial charge in [0.25, 0.3) is 0 Å². The topological polar surface area (TPSA) is 15.3 Å². The van der Waals surface area contributed by atoms with Gasteiger partial charge in [0.2, 0.25) is 0 Å². The van der Waals surface area contributed by atoms with Crippen molar-refractivity contribution in [2.24, 2.45) is 0 Å². The lowest BCUT2D eigenvalue weighted by molar-refractivity contribution is 0.185. The summed E-state index contributed by atoms with van der Waals surface area (Å²) < 4.78 is 0. The first-order valence-electron chi connectivity index (χ1n) is 3.59. The van der Waals surface area contributed by atoms with Gasteiger partial charge in [0, 0.05) is 6.54 Å². The van der Waals surface area contributed by atoms with Gasteiger partial charge in [-0.1, -0.05) is 12.0 Å². The van der Waals surface area contributed by atoms with E-state index in [1.807, 2.05) is 32.0 Å². The van der Waals surface area contributed by atoms with Gasteiger partial charge in [-0.15, -0.1) is 13.0 Å². The number of likely N-dealkylation sites (N-methyl/N-ethyl adjacent to an activating group) is 1. The van der Waals surface area contributed by atoms with Crippen molar-refractivity contribution in [2.75, 3.05) is 20.6 Å². The molecule has 1 atom stereocenters. The lowest BCUT2D eigenvalue weighted by Crippen LogP contribution is -2.52. The Labute approximate surface area is 69.3 Å². The maximum atomic E-state index is 5.36. The fourth-order valence-electron chi connectivity index (χ4n) is 0.749. The summed E-state index contributed by atoms with van der Waals surface area (Å²) in [5.74, 6) is 2.68. The molecule has 0 spiro atoms. The Bertz CT molecular complexity index is 169. The molecule has 0 amide bonds. The lowest BCUT2D eigenvalue weighted by atomic mass is 10.2. The van der Waals surface area contributed by atoms with Crippen LogP contribution in [0.1, 0.15) is 6.92 Å². The van der Waals surface area contributed by atoms with Crippen molar-refractivity contribution in [3.8, 4) is 12.3 Å². The van der Waals surface area contributed by atoms with Crippen molar-refractivity contribution in [1.29, 1.82) is 0 Å². The minimum Gasteiger partial charge on any atom is -0.292 e. The molecule has 0 saturated heterocycles. The zero-order valence-corrected chi connectivity index (χ0v) is 7.52. The Kier molecular flexibility index (Phi) is 3.88. The first-order chi connectivity index (χ1) is 5.10. The Morgan fingerprint density at radius 1 is 1.82 bits per heavy atom. The second kappa shape index (κ2) is 4.17. The van der Waals surface area contributed by atoms with Gasteiger partial charge >= 0.3 is 0 Å². The molecule has 0 aromatic heterocycles. The van der Waals surface area contributed by atoms with Gasteiger partial charge in [-0.05, 0) is 21.0 Å². The molecule has 0 aliphatic rings. The van der Waals surface area contributed by atoms with Crippen molar-refractivity contribution in [3.05, 3.63) is 12.7 Å². The molecular formula is C9H16N2. The number of hydrogen-bond donors (Lipinski definition) is 1. The molecule has 0 bridgehead atoms. The standard InChI is InChI=1S/C9H16N2/c1-6-8-11(5)9(3,7-2)10-4/h2,6,10H,1,8H2,3-5H3. The molecule has 1 unspecified atom stereocenters. The third kappa shape index (κ3) is 2.38. The number of rotatable bonds is 4. The Morgan fingerprint density at radius 2 is 2.36 bits per heavy atom. The van der Waals surface area contributed by atoms with Crippen LogP contribution in [0.15, 0.2) is 12.7 Å². The average Bonchev–Trinajstić information content (AvgIpc) is 2.03. The van der Waals surface area contributed by atoms with Gasteiger partial charge < -0.3 is 0 Å². The second-order valence-corrected chi connectivity index (χ2v) is 2.64. The van der Waals surface area contributed by atoms with Gasteiger partial charge in [0.05, 0.1) is 0 Å². The fraction of sp³-hybridized carbons (Fsp3) is 0.556. The third-order valence-electron chi connectivity index (χ3n) is 1.93. The monoisotopic (exact) mass is 152 g/mol. The van der Waals surface area contributed by atoms with Gasteiger partial charge in [0.1, 0.15) is 5.66 Å². The highest BCUT2D eigenvalue weighted by atomic mass is 15.3. The van der Waals surface area contributed by atoms with Crippen molar-refractivity contribution < 1.29 is 0 Å². The Balaban J connectivity index is 4.26. The molecule has 0 saturated carbocycles. The van der Waals surface area contributed by atoms with E-state index >= 15 is 0 Å². The summed E-state index contributed by atoms with van der Waals surface area (Å²) in [6.07, 6.45) is 7.19. The molecule has 0 heterocycles. The van der Waals surface area contributed by atoms with E-state index in [2.05, 4.69) is 17.8 Å². The quantitative estimate of drug-likeness (QED) is 0.362. The van der Waals surface area contributed by atoms with Crippen molar-refractivity contribution in [2.45, 2.75) is 12.6 Å². The van der Waals surface area contributed by atoms with Gasteiger partial charge in [0.15, 0.2) is 0 Å². The van der Waals surface area contributed by atoms with Crippen LogP contribution in [0, 0.1) is 12.3 Å². The highest BCUT2D eigenvalue weighted by Gasteiger charge is 2.22. The summed E-state index contributed by atoms with van der Waals surface area (Å²) in [6, 6.07) is 0. The van der Waals surface area contributed by atoms with Crippen LogP contribution in [0.4, 0.5) is 0 Å². The van der Waals surface area contributed by atoms with E-state index in [1.165, 1.54) is 0 Å². The fourth-order valence-corrected chi connectivity index (χ4v) is 0.749. The minimum absolute atomic E-state index is 0.367. The molecule has 0 aliphatic heterocycles. The minimum atomic E-state index is -0.367. The normalized spacial score (nSPS) is 15.5. The number of nitrogens with one attached hydrogen (secondary N) is 1. The van der Waals surface area contributed by atoms with Crippen LogP contribution < -0.4 is 5.32 Å². The van der Waals surface area contributed by atoms with Gasteiger partial charge in [-0.3, -0.25) is 10.2 Å². The van der Waals surface area contributed by atoms with E-state index in [0.29, 0.717) is 0 Å². The number of terminal acetylenes is 1. The smallest absolute Gasteiger partial charge is 0.131 e. The maximum Gasteiger partial charge on any atom is 0.131 e. The highest BCUT2D eigenvalue weighted by Crippen LogP contribution is 2.05. The molecule has 2 nitrogen and oxygen atoms in total. The molecule has 62 valence electrons. The first kappa shape index (κ1) is 10.2. The molecule has 0 aromatic carbocycles. The molecule has 0 rings (SSSR count). The van der Waals surface area contributed by atoms with Crippen molar-refractivity contribution in [1.82, 2.24) is 10.2 Å². The predicted octanol–water partition coefficient (Wildman–Crippen LogP) is 0.673. The zero-order chi connectivity index (χ0) is 8.91. The summed E-state index contributed by atoms with van der Waals surface area (Å²) in [7, 11) is 3.80. The summed E-state index contributed by atoms with van der Waals surface area (Å²) in [6.45, 7) is 6.38. The summed E-state index contributed by atoms with van der Waals surface area (Å²) in [5.41, 5.74) is -0.367. The van der Waals surface area contributed by atoms with Gasteiger partial charge in [-0.2, -0.15) is 0 Å². The number of nitrogens with zero attached hydrogens (tertiary/aromatic N) is 1. The predicted molar refractivity (Wildman–Crippen MR) is 49.1 cm³/mol. The van der Waals surface area contributed by atoms with Gasteiger partial charge in [-0.25, -0.2) is 0 Å². The Morgan fingerprint density at radius 3 is 2.64 bits per heavy atom. The largest absolute Gasteiger partial charge is 0.292 e. The molecule has 0 aromatic rings. The molecular weight excluding hydrogens is 136 g/mol. The zero-order valence-electron chi connectivity index (χ0n) is 7.52. The number of hydrogen-bond acceptors (Lipinski definition) is 2. The van der Waals surface area contributed by atoms with Crippen LogP contribution >= 0.6 is 0 Å². The molecule has 0 aliphatic carbocycles. The SMILES string of the molecule is C#CC(C)(NC)N(C)CC=C. The molecule has 2 heteroatoms. The second-order valence-electron chi connectivity index (χ2n) is 2.64. The molecule has 11 heavy (non-hydrogen) atoms. The van der Waals surface area contributed by atoms with Crippen molar-refractivity contribution >= 4 is 0 Å². The van der Waals surface area contributed by atoms with E-state index in [1.54, 1.807) is 0 Å². The van der Waals surface area contributed by atoms with Crippen LogP contribution in [0.5, 0.6) is 0 Å². The van der Waals surface area contributed by atoms with E-state index in [0.717, 1.165) is 6.54 Å². The summed E-state index contributed by atoms with van der Waals surface area (Å²) in [5, 5.41) is 3.05. The maximum absolute atomic E-state index is 5.36. The third-order valence-corrected chi connectivity index (χ3v) is 1.93. The lowest BCUT2D eigenvalue weighted by Gasteiger charge is -2.33. The van der Waals surface area contributed by atoms with Crippen molar-refractivity contribution in [3.63, 3.8) is 0 Å². The molecule has 1 N–H and O–H groups in total. The van der Waals surface area contributed by atoms with E-state index in [4.69, 9.17) is 6.42 Å². The Hall–Kier alpha value is -0.780. The van der Waals surface area contributed by atoms with E-state index in [-0.39, 0.29) is 5.66 Å². The highest BCUT2D eigenvalue weighted by molar-refractivity contribution is 5.09. The van der Waals surface area contributed by atoms with Crippen LogP contribution in [0.3, 0.4) is 0 Å². The summed E-state index contributed by atoms with van der Waals surface area (Å²) >= 11 is 0.